The number of fused-ring (bicyclic) bond motifs is 1. The van der Waals surface area contributed by atoms with Crippen molar-refractivity contribution in [3.05, 3.63) is 17.5 Å². The minimum absolute atomic E-state index is 0.162. The van der Waals surface area contributed by atoms with Crippen LogP contribution < -0.4 is 0 Å². The molecule has 3 aliphatic heterocycles. The van der Waals surface area contributed by atoms with Crippen molar-refractivity contribution in [2.24, 2.45) is 11.8 Å². The van der Waals surface area contributed by atoms with Crippen LogP contribution in [0.5, 0.6) is 0 Å². The first kappa shape index (κ1) is 20.2. The van der Waals surface area contributed by atoms with Crippen LogP contribution in [0.25, 0.3) is 0 Å². The van der Waals surface area contributed by atoms with Crippen molar-refractivity contribution < 1.29 is 14.7 Å². The fraction of sp³-hybridized carbons (Fsp3) is 0.762. The van der Waals surface area contributed by atoms with Gasteiger partial charge in [0.15, 0.2) is 0 Å². The number of piperidine rings is 1. The molecule has 1 aromatic rings. The molecule has 8 heteroatoms. The van der Waals surface area contributed by atoms with Gasteiger partial charge < -0.3 is 14.9 Å². The summed E-state index contributed by atoms with van der Waals surface area (Å²) in [6, 6.07) is 0.321. The summed E-state index contributed by atoms with van der Waals surface area (Å²) in [4.78, 5) is 28.9. The summed E-state index contributed by atoms with van der Waals surface area (Å²) in [7, 11) is 0. The van der Waals surface area contributed by atoms with Crippen molar-refractivity contribution in [1.82, 2.24) is 24.5 Å². The Morgan fingerprint density at radius 1 is 1.10 bits per heavy atom. The van der Waals surface area contributed by atoms with E-state index in [1.807, 2.05) is 4.90 Å². The van der Waals surface area contributed by atoms with Crippen LogP contribution in [0.3, 0.4) is 0 Å². The topological polar surface area (TPSA) is 81.9 Å². The summed E-state index contributed by atoms with van der Waals surface area (Å²) in [5, 5.41) is 14.2. The van der Waals surface area contributed by atoms with Crippen molar-refractivity contribution >= 4 is 12.0 Å². The maximum Gasteiger partial charge on any atom is 0.407 e. The first-order valence-electron chi connectivity index (χ1n) is 10.9. The van der Waals surface area contributed by atoms with E-state index in [0.717, 1.165) is 45.6 Å². The zero-order valence-electron chi connectivity index (χ0n) is 17.8. The van der Waals surface area contributed by atoms with E-state index in [1.165, 1.54) is 11.3 Å². The highest BCUT2D eigenvalue weighted by molar-refractivity contribution is 5.73. The molecule has 2 unspecified atom stereocenters. The summed E-state index contributed by atoms with van der Waals surface area (Å²) in [5.74, 6) is 1.47. The van der Waals surface area contributed by atoms with Gasteiger partial charge in [0.1, 0.15) is 0 Å². The van der Waals surface area contributed by atoms with Gasteiger partial charge in [0.2, 0.25) is 5.91 Å². The van der Waals surface area contributed by atoms with Gasteiger partial charge in [-0.1, -0.05) is 0 Å². The Bertz CT molecular complexity index is 754. The summed E-state index contributed by atoms with van der Waals surface area (Å²) in [6.45, 7) is 11.7. The molecular formula is C21H33N5O3. The third-order valence-corrected chi connectivity index (χ3v) is 6.92. The predicted octanol–water partition coefficient (Wildman–Crippen LogP) is 2.23. The van der Waals surface area contributed by atoms with E-state index in [0.29, 0.717) is 36.9 Å². The Labute approximate surface area is 172 Å². The molecule has 8 nitrogen and oxygen atoms in total. The molecule has 29 heavy (non-hydrogen) atoms. The second-order valence-corrected chi connectivity index (χ2v) is 9.30. The SMILES string of the molecule is CC(=O)N1CCC(c2nn(C(C)C)cc2CN2CC3CN(C(=O)O)CC3C2)CC1. The average Bonchev–Trinajstić information content (AvgIpc) is 3.35. The maximum absolute atomic E-state index is 11.7. The number of carboxylic acid groups (broad SMARTS) is 1. The Morgan fingerprint density at radius 2 is 1.72 bits per heavy atom. The standard InChI is InChI=1S/C21H33N5O3/c1-14(2)26-13-19(20(22-26)16-4-6-24(7-5-16)15(3)27)10-23-8-17-11-25(21(28)29)12-18(17)9-23/h13-14,16-18H,4-12H2,1-3H3,(H,28,29). The lowest BCUT2D eigenvalue weighted by atomic mass is 9.91. The number of carbonyl (C=O) groups excluding carboxylic acids is 1. The van der Waals surface area contributed by atoms with Crippen LogP contribution in [-0.2, 0) is 11.3 Å². The quantitative estimate of drug-likeness (QED) is 0.834. The number of carbonyl (C=O) groups is 2. The molecule has 0 spiro atoms. The highest BCUT2D eigenvalue weighted by atomic mass is 16.4. The van der Waals surface area contributed by atoms with Gasteiger partial charge in [-0.3, -0.25) is 14.4 Å². The number of likely N-dealkylation sites (tertiary alicyclic amines) is 3. The van der Waals surface area contributed by atoms with Crippen LogP contribution in [0.1, 0.15) is 56.8 Å². The van der Waals surface area contributed by atoms with E-state index in [1.54, 1.807) is 11.8 Å². The van der Waals surface area contributed by atoms with E-state index >= 15 is 0 Å². The molecule has 0 radical (unpaired) electrons. The number of rotatable bonds is 4. The summed E-state index contributed by atoms with van der Waals surface area (Å²) in [5.41, 5.74) is 2.50. The second-order valence-electron chi connectivity index (χ2n) is 9.30. The lowest BCUT2D eigenvalue weighted by molar-refractivity contribution is -0.129. The number of nitrogens with zero attached hydrogens (tertiary/aromatic N) is 5. The zero-order valence-corrected chi connectivity index (χ0v) is 17.8. The molecule has 2 amide bonds. The van der Waals surface area contributed by atoms with Crippen molar-refractivity contribution in [2.75, 3.05) is 39.3 Å². The zero-order chi connectivity index (χ0) is 20.7. The molecule has 4 heterocycles. The fourth-order valence-electron chi connectivity index (χ4n) is 5.26. The first-order valence-corrected chi connectivity index (χ1v) is 10.9. The molecule has 0 aliphatic carbocycles. The molecule has 3 aliphatic rings. The third kappa shape index (κ3) is 4.13. The van der Waals surface area contributed by atoms with Crippen LogP contribution in [0.15, 0.2) is 6.20 Å². The van der Waals surface area contributed by atoms with E-state index in [9.17, 15) is 14.7 Å². The third-order valence-electron chi connectivity index (χ3n) is 6.92. The average molecular weight is 404 g/mol. The van der Waals surface area contributed by atoms with Gasteiger partial charge in [-0.2, -0.15) is 5.10 Å². The summed E-state index contributed by atoms with van der Waals surface area (Å²) in [6.07, 6.45) is 3.36. The van der Waals surface area contributed by atoms with Gasteiger partial charge >= 0.3 is 6.09 Å². The van der Waals surface area contributed by atoms with E-state index in [4.69, 9.17) is 5.10 Å². The normalized spacial score (nSPS) is 25.8. The number of hydrogen-bond donors (Lipinski definition) is 1. The van der Waals surface area contributed by atoms with E-state index in [2.05, 4.69) is 29.6 Å². The van der Waals surface area contributed by atoms with Gasteiger partial charge in [0, 0.05) is 76.5 Å². The first-order chi connectivity index (χ1) is 13.8. The Morgan fingerprint density at radius 3 is 2.24 bits per heavy atom. The molecule has 0 saturated carbocycles. The molecule has 3 saturated heterocycles. The van der Waals surface area contributed by atoms with E-state index in [-0.39, 0.29) is 5.91 Å². The van der Waals surface area contributed by atoms with Gasteiger partial charge in [0.05, 0.1) is 5.69 Å². The van der Waals surface area contributed by atoms with Crippen LogP contribution in [0, 0.1) is 11.8 Å². The van der Waals surface area contributed by atoms with E-state index < -0.39 is 6.09 Å². The molecule has 0 aromatic carbocycles. The van der Waals surface area contributed by atoms with Crippen LogP contribution in [0.4, 0.5) is 4.79 Å². The number of amides is 2. The fourth-order valence-corrected chi connectivity index (χ4v) is 5.26. The van der Waals surface area contributed by atoms with Crippen molar-refractivity contribution in [3.8, 4) is 0 Å². The molecule has 2 atom stereocenters. The minimum atomic E-state index is -0.789. The monoisotopic (exact) mass is 403 g/mol. The smallest absolute Gasteiger partial charge is 0.407 e. The lowest BCUT2D eigenvalue weighted by Crippen LogP contribution is -2.36. The molecule has 3 fully saturated rings. The molecule has 1 N–H and O–H groups in total. The predicted molar refractivity (Wildman–Crippen MR) is 109 cm³/mol. The van der Waals surface area contributed by atoms with Gasteiger partial charge in [-0.15, -0.1) is 0 Å². The Kier molecular flexibility index (Phi) is 5.55. The van der Waals surface area contributed by atoms with Crippen LogP contribution in [-0.4, -0.2) is 80.9 Å². The van der Waals surface area contributed by atoms with Crippen molar-refractivity contribution in [3.63, 3.8) is 0 Å². The van der Waals surface area contributed by atoms with Gasteiger partial charge in [-0.05, 0) is 38.5 Å². The highest BCUT2D eigenvalue weighted by Crippen LogP contribution is 2.34. The molecule has 0 bridgehead atoms. The van der Waals surface area contributed by atoms with Gasteiger partial charge in [-0.25, -0.2) is 4.79 Å². The van der Waals surface area contributed by atoms with Crippen molar-refractivity contribution in [1.29, 1.82) is 0 Å². The highest BCUT2D eigenvalue weighted by Gasteiger charge is 2.42. The lowest BCUT2D eigenvalue weighted by Gasteiger charge is -2.31. The Balaban J connectivity index is 1.44. The van der Waals surface area contributed by atoms with Crippen LogP contribution in [0.2, 0.25) is 0 Å². The number of aromatic nitrogens is 2. The van der Waals surface area contributed by atoms with Gasteiger partial charge in [0.25, 0.3) is 0 Å². The second kappa shape index (κ2) is 7.97. The van der Waals surface area contributed by atoms with Crippen LogP contribution >= 0.6 is 0 Å². The minimum Gasteiger partial charge on any atom is -0.465 e. The summed E-state index contributed by atoms with van der Waals surface area (Å²) < 4.78 is 2.07. The molecule has 4 rings (SSSR count). The summed E-state index contributed by atoms with van der Waals surface area (Å²) >= 11 is 0. The maximum atomic E-state index is 11.7. The van der Waals surface area contributed by atoms with Crippen molar-refractivity contribution in [2.45, 2.75) is 52.1 Å². The number of hydrogen-bond acceptors (Lipinski definition) is 4. The molecular weight excluding hydrogens is 370 g/mol. The molecule has 160 valence electrons. The molecule has 1 aromatic heterocycles. The largest absolute Gasteiger partial charge is 0.465 e. The Hall–Kier alpha value is -2.09.